The number of fused-ring (bicyclic) bond motifs is 1. The highest BCUT2D eigenvalue weighted by molar-refractivity contribution is 7.84. The van der Waals surface area contributed by atoms with E-state index in [0.29, 0.717) is 24.6 Å². The van der Waals surface area contributed by atoms with Gasteiger partial charge in [0.15, 0.2) is 0 Å². The van der Waals surface area contributed by atoms with Crippen molar-refractivity contribution in [2.75, 3.05) is 32.5 Å². The van der Waals surface area contributed by atoms with E-state index in [0.717, 1.165) is 41.4 Å². The highest BCUT2D eigenvalue weighted by atomic mass is 32.1. The maximum absolute atomic E-state index is 14.6. The smallest absolute Gasteiger partial charge is 0.347 e. The van der Waals surface area contributed by atoms with Crippen molar-refractivity contribution in [1.29, 1.82) is 0 Å². The van der Waals surface area contributed by atoms with Crippen LogP contribution in [0.3, 0.4) is 0 Å². The average molecular weight is 589 g/mol. The van der Waals surface area contributed by atoms with E-state index >= 15 is 0 Å². The summed E-state index contributed by atoms with van der Waals surface area (Å²) < 4.78 is 47.4. The van der Waals surface area contributed by atoms with Crippen LogP contribution >= 0.6 is 12.6 Å². The number of aromatic nitrogens is 3. The lowest BCUT2D eigenvalue weighted by molar-refractivity contribution is -0.130. The van der Waals surface area contributed by atoms with Crippen molar-refractivity contribution < 1.29 is 17.6 Å². The van der Waals surface area contributed by atoms with Gasteiger partial charge in [-0.15, -0.1) is 5.10 Å². The van der Waals surface area contributed by atoms with Crippen LogP contribution in [0.1, 0.15) is 44.9 Å². The molecule has 220 valence electrons. The second-order valence-electron chi connectivity index (χ2n) is 9.66. The Labute approximate surface area is 247 Å². The summed E-state index contributed by atoms with van der Waals surface area (Å²) in [5, 5.41) is 15.8. The Morgan fingerprint density at radius 3 is 2.39 bits per heavy atom. The Bertz CT molecular complexity index is 1300. The summed E-state index contributed by atoms with van der Waals surface area (Å²) in [5.41, 5.74) is 5.12. The van der Waals surface area contributed by atoms with Crippen molar-refractivity contribution in [3.63, 3.8) is 0 Å². The lowest BCUT2D eigenvalue weighted by atomic mass is 9.67. The molecule has 1 aliphatic rings. The number of thiol groups is 1. The van der Waals surface area contributed by atoms with Crippen LogP contribution < -0.4 is 5.32 Å². The third-order valence-electron chi connectivity index (χ3n) is 6.21. The van der Waals surface area contributed by atoms with Crippen molar-refractivity contribution >= 4 is 45.5 Å². The Hall–Kier alpha value is -2.60. The predicted molar refractivity (Wildman–Crippen MR) is 163 cm³/mol. The van der Waals surface area contributed by atoms with Crippen molar-refractivity contribution in [3.8, 4) is 11.1 Å². The molecule has 2 atom stereocenters. The fourth-order valence-electron chi connectivity index (χ4n) is 4.21. The molecule has 3 heterocycles. The monoisotopic (exact) mass is 589 g/mol. The van der Waals surface area contributed by atoms with E-state index in [9.17, 15) is 17.6 Å². The average Bonchev–Trinajstić information content (AvgIpc) is 3.32. The molecule has 4 radical (unpaired) electrons. The standard InChI is InChI=1S/C22H26B2FN7S.C3H5F3.C2H6/c1-13-10-14(4-5-17(13)29-26-2)15-6-9-32-20(15)19(11-22(23,24)33)28-21(30-32)27-18-7-8-31(3)12-16(18)25;1-2-3(4,5)6;1-2/h4-6,9-10,16,18,33H,7-8,11-12H2,1-3H3,(H,27,30);2H2,1H3;1-2H3. The number of halogens is 4. The largest absolute Gasteiger partial charge is 0.388 e. The van der Waals surface area contributed by atoms with E-state index in [1.165, 1.54) is 0 Å². The summed E-state index contributed by atoms with van der Waals surface area (Å²) in [7, 11) is 15.6. The first-order valence-corrected chi connectivity index (χ1v) is 13.9. The molecule has 1 N–H and O–H groups in total. The van der Waals surface area contributed by atoms with Crippen LogP contribution in [0.15, 0.2) is 40.7 Å². The van der Waals surface area contributed by atoms with Crippen LogP contribution in [0.25, 0.3) is 16.6 Å². The second-order valence-corrected chi connectivity index (χ2v) is 10.5. The van der Waals surface area contributed by atoms with Crippen molar-refractivity contribution in [2.45, 2.75) is 69.9 Å². The first-order valence-electron chi connectivity index (χ1n) is 13.5. The minimum absolute atomic E-state index is 0.196. The van der Waals surface area contributed by atoms with Gasteiger partial charge in [0.1, 0.15) is 6.17 Å². The quantitative estimate of drug-likeness (QED) is 0.153. The molecule has 14 heteroatoms. The fourth-order valence-corrected chi connectivity index (χ4v) is 4.36. The van der Waals surface area contributed by atoms with E-state index in [1.807, 2.05) is 63.2 Å². The lowest BCUT2D eigenvalue weighted by Gasteiger charge is -2.32. The summed E-state index contributed by atoms with van der Waals surface area (Å²) in [5.74, 6) is 0.337. The Morgan fingerprint density at radius 2 is 1.85 bits per heavy atom. The first kappa shape index (κ1) is 34.6. The third kappa shape index (κ3) is 10.3. The number of aryl methyl sites for hydroxylation is 1. The molecule has 2 aromatic heterocycles. The molecule has 0 saturated carbocycles. The number of hydrogen-bond acceptors (Lipinski definition) is 7. The summed E-state index contributed by atoms with van der Waals surface area (Å²) in [4.78, 5) is 6.67. The minimum Gasteiger partial charge on any atom is -0.347 e. The van der Waals surface area contributed by atoms with Gasteiger partial charge >= 0.3 is 6.18 Å². The van der Waals surface area contributed by atoms with Crippen LogP contribution in [0.4, 0.5) is 29.2 Å². The van der Waals surface area contributed by atoms with Crippen molar-refractivity contribution in [3.05, 3.63) is 41.7 Å². The predicted octanol–water partition coefficient (Wildman–Crippen LogP) is 6.32. The lowest BCUT2D eigenvalue weighted by Crippen LogP contribution is -2.46. The summed E-state index contributed by atoms with van der Waals surface area (Å²) in [6.07, 6.45) is -2.99. The molecule has 0 spiro atoms. The summed E-state index contributed by atoms with van der Waals surface area (Å²) in [6, 6.07) is 7.55. The number of likely N-dealkylation sites (tertiary alicyclic amines) is 1. The van der Waals surface area contributed by atoms with Gasteiger partial charge < -0.3 is 10.2 Å². The normalized spacial score (nSPS) is 18.0. The number of anilines is 1. The van der Waals surface area contributed by atoms with Gasteiger partial charge in [0.05, 0.1) is 38.6 Å². The van der Waals surface area contributed by atoms with Crippen LogP contribution in [-0.4, -0.2) is 85.3 Å². The molecule has 4 rings (SSSR count). The molecule has 0 aliphatic carbocycles. The Balaban J connectivity index is 0.000000654. The number of nitrogens with zero attached hydrogens (tertiary/aromatic N) is 6. The number of nitrogens with one attached hydrogen (secondary N) is 1. The van der Waals surface area contributed by atoms with Gasteiger partial charge in [-0.3, -0.25) is 0 Å². The van der Waals surface area contributed by atoms with E-state index in [2.05, 4.69) is 33.3 Å². The number of hydrogen-bond donors (Lipinski definition) is 2. The molecule has 41 heavy (non-hydrogen) atoms. The van der Waals surface area contributed by atoms with Gasteiger partial charge in [0.25, 0.3) is 0 Å². The molecule has 1 fully saturated rings. The molecule has 1 saturated heterocycles. The molecule has 7 nitrogen and oxygen atoms in total. The fraction of sp³-hybridized carbons (Fsp3) is 0.556. The zero-order valence-electron chi connectivity index (χ0n) is 24.4. The molecular weight excluding hydrogens is 552 g/mol. The Kier molecular flexibility index (Phi) is 12.7. The molecule has 3 aromatic rings. The molecular formula is C27H37B2F4N7S. The van der Waals surface area contributed by atoms with Gasteiger partial charge in [0.2, 0.25) is 5.95 Å². The van der Waals surface area contributed by atoms with Gasteiger partial charge in [-0.25, -0.2) is 13.9 Å². The highest BCUT2D eigenvalue weighted by Crippen LogP contribution is 2.33. The maximum atomic E-state index is 14.6. The van der Waals surface area contributed by atoms with Crippen molar-refractivity contribution in [2.24, 2.45) is 10.2 Å². The van der Waals surface area contributed by atoms with E-state index < -0.39 is 23.3 Å². The van der Waals surface area contributed by atoms with Gasteiger partial charge in [-0.05, 0) is 56.1 Å². The molecule has 2 unspecified atom stereocenters. The highest BCUT2D eigenvalue weighted by Gasteiger charge is 2.29. The first-order chi connectivity index (χ1) is 19.2. The second kappa shape index (κ2) is 15.0. The molecule has 1 aromatic carbocycles. The zero-order chi connectivity index (χ0) is 31.0. The van der Waals surface area contributed by atoms with Crippen LogP contribution in [-0.2, 0) is 6.42 Å². The van der Waals surface area contributed by atoms with Gasteiger partial charge in [-0.2, -0.15) is 36.0 Å². The van der Waals surface area contributed by atoms with Gasteiger partial charge in [0, 0.05) is 38.3 Å². The number of alkyl halides is 4. The number of benzene rings is 1. The third-order valence-corrected chi connectivity index (χ3v) is 6.37. The maximum Gasteiger partial charge on any atom is 0.388 e. The number of piperidine rings is 1. The molecule has 1 aliphatic heterocycles. The van der Waals surface area contributed by atoms with E-state index in [4.69, 9.17) is 20.7 Å². The minimum atomic E-state index is -3.96. The topological polar surface area (TPSA) is 70.2 Å². The molecule has 0 amide bonds. The van der Waals surface area contributed by atoms with Gasteiger partial charge in [-0.1, -0.05) is 31.4 Å². The zero-order valence-corrected chi connectivity index (χ0v) is 25.3. The number of rotatable bonds is 6. The summed E-state index contributed by atoms with van der Waals surface area (Å²) >= 11 is 4.31. The molecule has 0 bridgehead atoms. The number of azo groups is 1. The van der Waals surface area contributed by atoms with Crippen LogP contribution in [0.5, 0.6) is 0 Å². The van der Waals surface area contributed by atoms with E-state index in [1.54, 1.807) is 11.6 Å². The summed E-state index contributed by atoms with van der Waals surface area (Å²) in [6.45, 7) is 8.25. The van der Waals surface area contributed by atoms with E-state index in [-0.39, 0.29) is 12.5 Å². The van der Waals surface area contributed by atoms with Crippen LogP contribution in [0.2, 0.25) is 0 Å². The van der Waals surface area contributed by atoms with Crippen LogP contribution in [0, 0.1) is 6.92 Å². The Morgan fingerprint density at radius 1 is 1.20 bits per heavy atom. The SMILES string of the molecule is CC.CCC(F)(F)F.[B]C([B])(S)Cc1nc(NC2CCN(C)CC2F)nn2ccc(-c3ccc(N=NC)c(C)c3)c12. The van der Waals surface area contributed by atoms with Crippen molar-refractivity contribution in [1.82, 2.24) is 19.5 Å².